The zero-order valence-corrected chi connectivity index (χ0v) is 13.4. The highest BCUT2D eigenvalue weighted by Crippen LogP contribution is 2.31. The van der Waals surface area contributed by atoms with E-state index in [9.17, 15) is 0 Å². The van der Waals surface area contributed by atoms with Crippen molar-refractivity contribution in [1.29, 1.82) is 0 Å². The Balaban J connectivity index is 1.98. The van der Waals surface area contributed by atoms with E-state index in [-0.39, 0.29) is 0 Å². The van der Waals surface area contributed by atoms with Gasteiger partial charge in [-0.1, -0.05) is 27.7 Å². The van der Waals surface area contributed by atoms with Crippen LogP contribution in [0.4, 0.5) is 5.69 Å². The maximum atomic E-state index is 4.48. The average molecular weight is 275 g/mol. The Labute approximate surface area is 123 Å². The fourth-order valence-corrected chi connectivity index (χ4v) is 2.89. The molecule has 1 aromatic heterocycles. The quantitative estimate of drug-likeness (QED) is 0.892. The number of rotatable bonds is 5. The van der Waals surface area contributed by atoms with Crippen LogP contribution in [-0.4, -0.2) is 24.6 Å². The highest BCUT2D eigenvalue weighted by atomic mass is 15.1. The molecule has 20 heavy (non-hydrogen) atoms. The third-order valence-corrected chi connectivity index (χ3v) is 3.92. The Kier molecular flexibility index (Phi) is 5.03. The molecule has 0 spiro atoms. The highest BCUT2D eigenvalue weighted by molar-refractivity contribution is 5.47. The van der Waals surface area contributed by atoms with Crippen molar-refractivity contribution in [2.75, 3.05) is 24.5 Å². The molecular weight excluding hydrogens is 246 g/mol. The van der Waals surface area contributed by atoms with E-state index < -0.39 is 0 Å². The van der Waals surface area contributed by atoms with Crippen LogP contribution in [0.25, 0.3) is 0 Å². The van der Waals surface area contributed by atoms with Gasteiger partial charge in [-0.3, -0.25) is 4.98 Å². The summed E-state index contributed by atoms with van der Waals surface area (Å²) in [4.78, 5) is 6.99. The molecule has 0 bridgehead atoms. The van der Waals surface area contributed by atoms with Crippen LogP contribution in [0, 0.1) is 11.3 Å². The fourth-order valence-electron chi connectivity index (χ4n) is 2.89. The Morgan fingerprint density at radius 3 is 2.90 bits per heavy atom. The lowest BCUT2D eigenvalue weighted by Gasteiger charge is -2.39. The SMILES string of the molecule is CC(C)CNCc1cc(N2CCCC(C)(C)C2)ccn1. The molecule has 0 aliphatic carbocycles. The summed E-state index contributed by atoms with van der Waals surface area (Å²) >= 11 is 0. The van der Waals surface area contributed by atoms with Gasteiger partial charge in [-0.25, -0.2) is 0 Å². The molecule has 1 aliphatic heterocycles. The maximum Gasteiger partial charge on any atom is 0.0562 e. The van der Waals surface area contributed by atoms with Gasteiger partial charge >= 0.3 is 0 Å². The number of pyridine rings is 1. The van der Waals surface area contributed by atoms with Gasteiger partial charge < -0.3 is 10.2 Å². The van der Waals surface area contributed by atoms with Crippen molar-refractivity contribution in [2.24, 2.45) is 11.3 Å². The summed E-state index contributed by atoms with van der Waals surface area (Å²) in [6, 6.07) is 4.39. The van der Waals surface area contributed by atoms with Crippen LogP contribution >= 0.6 is 0 Å². The summed E-state index contributed by atoms with van der Waals surface area (Å²) in [5.41, 5.74) is 2.90. The molecule has 3 nitrogen and oxygen atoms in total. The van der Waals surface area contributed by atoms with Crippen LogP contribution in [0.1, 0.15) is 46.2 Å². The summed E-state index contributed by atoms with van der Waals surface area (Å²) in [5.74, 6) is 0.682. The molecule has 1 fully saturated rings. The summed E-state index contributed by atoms with van der Waals surface area (Å²) in [6.45, 7) is 13.4. The lowest BCUT2D eigenvalue weighted by Crippen LogP contribution is -2.40. The smallest absolute Gasteiger partial charge is 0.0562 e. The van der Waals surface area contributed by atoms with E-state index in [1.54, 1.807) is 0 Å². The van der Waals surface area contributed by atoms with Crippen molar-refractivity contribution in [3.8, 4) is 0 Å². The Morgan fingerprint density at radius 1 is 1.40 bits per heavy atom. The number of nitrogens with zero attached hydrogens (tertiary/aromatic N) is 2. The molecule has 0 radical (unpaired) electrons. The molecule has 3 heteroatoms. The molecule has 112 valence electrons. The van der Waals surface area contributed by atoms with Crippen molar-refractivity contribution in [3.63, 3.8) is 0 Å². The normalized spacial score (nSPS) is 18.6. The van der Waals surface area contributed by atoms with Gasteiger partial charge in [0.05, 0.1) is 5.69 Å². The van der Waals surface area contributed by atoms with E-state index in [2.05, 4.69) is 55.0 Å². The van der Waals surface area contributed by atoms with Gasteiger partial charge in [0.1, 0.15) is 0 Å². The van der Waals surface area contributed by atoms with Crippen LogP contribution in [0.15, 0.2) is 18.3 Å². The molecule has 1 aromatic rings. The molecule has 1 saturated heterocycles. The van der Waals surface area contributed by atoms with Gasteiger partial charge in [0.25, 0.3) is 0 Å². The lowest BCUT2D eigenvalue weighted by atomic mass is 9.84. The summed E-state index contributed by atoms with van der Waals surface area (Å²) in [7, 11) is 0. The number of piperidine rings is 1. The second-order valence-corrected chi connectivity index (χ2v) is 7.22. The molecule has 0 amide bonds. The monoisotopic (exact) mass is 275 g/mol. The maximum absolute atomic E-state index is 4.48. The first-order chi connectivity index (χ1) is 9.46. The molecular formula is C17H29N3. The average Bonchev–Trinajstić information content (AvgIpc) is 2.37. The van der Waals surface area contributed by atoms with Gasteiger partial charge in [-0.05, 0) is 42.9 Å². The van der Waals surface area contributed by atoms with Crippen LogP contribution in [0.3, 0.4) is 0 Å². The van der Waals surface area contributed by atoms with Crippen molar-refractivity contribution in [3.05, 3.63) is 24.0 Å². The largest absolute Gasteiger partial charge is 0.371 e. The fraction of sp³-hybridized carbons (Fsp3) is 0.706. The molecule has 2 heterocycles. The van der Waals surface area contributed by atoms with E-state index in [1.807, 2.05) is 6.20 Å². The third kappa shape index (κ3) is 4.48. The second-order valence-electron chi connectivity index (χ2n) is 7.22. The molecule has 1 N–H and O–H groups in total. The van der Waals surface area contributed by atoms with E-state index in [0.29, 0.717) is 11.3 Å². The molecule has 2 rings (SSSR count). The Bertz CT molecular complexity index is 426. The topological polar surface area (TPSA) is 28.2 Å². The first kappa shape index (κ1) is 15.3. The number of anilines is 1. The minimum absolute atomic E-state index is 0.428. The van der Waals surface area contributed by atoms with Crippen molar-refractivity contribution in [2.45, 2.75) is 47.1 Å². The van der Waals surface area contributed by atoms with E-state index in [4.69, 9.17) is 0 Å². The number of hydrogen-bond acceptors (Lipinski definition) is 3. The van der Waals surface area contributed by atoms with Gasteiger partial charge in [-0.2, -0.15) is 0 Å². The zero-order chi connectivity index (χ0) is 14.6. The van der Waals surface area contributed by atoms with Gasteiger partial charge in [0.2, 0.25) is 0 Å². The molecule has 0 atom stereocenters. The van der Waals surface area contributed by atoms with E-state index in [1.165, 1.54) is 25.1 Å². The standard InChI is InChI=1S/C17H29N3/c1-14(2)11-18-12-15-10-16(6-8-19-15)20-9-5-7-17(3,4)13-20/h6,8,10,14,18H,5,7,9,11-13H2,1-4H3. The second kappa shape index (κ2) is 6.57. The van der Waals surface area contributed by atoms with Crippen molar-refractivity contribution < 1.29 is 0 Å². The first-order valence-electron chi connectivity index (χ1n) is 7.87. The number of hydrogen-bond donors (Lipinski definition) is 1. The van der Waals surface area contributed by atoms with Crippen LogP contribution < -0.4 is 10.2 Å². The predicted molar refractivity (Wildman–Crippen MR) is 86.0 cm³/mol. The predicted octanol–water partition coefficient (Wildman–Crippen LogP) is 3.45. The van der Waals surface area contributed by atoms with Crippen molar-refractivity contribution in [1.82, 2.24) is 10.3 Å². The zero-order valence-electron chi connectivity index (χ0n) is 13.4. The molecule has 0 unspecified atom stereocenters. The van der Waals surface area contributed by atoms with Crippen LogP contribution in [-0.2, 0) is 6.54 Å². The van der Waals surface area contributed by atoms with Crippen LogP contribution in [0.5, 0.6) is 0 Å². The van der Waals surface area contributed by atoms with E-state index in [0.717, 1.165) is 25.3 Å². The summed E-state index contributed by atoms with van der Waals surface area (Å²) in [6.07, 6.45) is 4.57. The van der Waals surface area contributed by atoms with Crippen LogP contribution in [0.2, 0.25) is 0 Å². The highest BCUT2D eigenvalue weighted by Gasteiger charge is 2.26. The van der Waals surface area contributed by atoms with Crippen molar-refractivity contribution >= 4 is 5.69 Å². The van der Waals surface area contributed by atoms with E-state index >= 15 is 0 Å². The number of aromatic nitrogens is 1. The van der Waals surface area contributed by atoms with Gasteiger partial charge in [-0.15, -0.1) is 0 Å². The minimum atomic E-state index is 0.428. The summed E-state index contributed by atoms with van der Waals surface area (Å²) in [5, 5.41) is 3.47. The Morgan fingerprint density at radius 2 is 2.20 bits per heavy atom. The summed E-state index contributed by atoms with van der Waals surface area (Å²) < 4.78 is 0. The van der Waals surface area contributed by atoms with Gasteiger partial charge in [0.15, 0.2) is 0 Å². The molecule has 0 aromatic carbocycles. The Hall–Kier alpha value is -1.09. The lowest BCUT2D eigenvalue weighted by molar-refractivity contribution is 0.293. The van der Waals surface area contributed by atoms with Gasteiger partial charge in [0, 0.05) is 31.5 Å². The first-order valence-corrected chi connectivity index (χ1v) is 7.87. The molecule has 0 saturated carbocycles. The molecule has 1 aliphatic rings. The minimum Gasteiger partial charge on any atom is -0.371 e. The third-order valence-electron chi connectivity index (χ3n) is 3.92. The number of nitrogens with one attached hydrogen (secondary N) is 1.